The number of rotatable bonds is 6. The van der Waals surface area contributed by atoms with Crippen molar-refractivity contribution in [2.75, 3.05) is 18.9 Å². The normalized spacial score (nSPS) is 22.9. The van der Waals surface area contributed by atoms with Gasteiger partial charge in [0.2, 0.25) is 11.8 Å². The molecule has 2 N–H and O–H groups in total. The van der Waals surface area contributed by atoms with Crippen molar-refractivity contribution in [2.45, 2.75) is 52.4 Å². The zero-order valence-corrected chi connectivity index (χ0v) is 15.6. The largest absolute Gasteiger partial charge is 0.476 e. The topological polar surface area (TPSA) is 114 Å². The molecule has 9 heteroatoms. The molecule has 9 nitrogen and oxygen atoms in total. The number of carbonyl (C=O) groups excluding carboxylic acids is 1. The molecule has 1 unspecified atom stereocenters. The molecule has 0 spiro atoms. The van der Waals surface area contributed by atoms with Gasteiger partial charge in [0.25, 0.3) is 0 Å². The van der Waals surface area contributed by atoms with E-state index in [0.29, 0.717) is 23.7 Å². The Labute approximate surface area is 151 Å². The summed E-state index contributed by atoms with van der Waals surface area (Å²) >= 11 is 0. The van der Waals surface area contributed by atoms with Crippen molar-refractivity contribution < 1.29 is 19.0 Å². The van der Waals surface area contributed by atoms with E-state index in [1.54, 1.807) is 20.2 Å². The van der Waals surface area contributed by atoms with Crippen LogP contribution in [0.5, 0.6) is 5.88 Å². The molecule has 1 fully saturated rings. The van der Waals surface area contributed by atoms with E-state index < -0.39 is 5.72 Å². The van der Waals surface area contributed by atoms with Gasteiger partial charge in [0, 0.05) is 0 Å². The highest BCUT2D eigenvalue weighted by molar-refractivity contribution is 5.77. The predicted octanol–water partition coefficient (Wildman–Crippen LogP) is 1.86. The van der Waals surface area contributed by atoms with Gasteiger partial charge < -0.3 is 19.9 Å². The fraction of sp³-hybridized carbons (Fsp3) is 0.647. The second kappa shape index (κ2) is 7.06. The molecule has 142 valence electrons. The second-order valence-corrected chi connectivity index (χ2v) is 6.85. The van der Waals surface area contributed by atoms with Crippen LogP contribution < -0.4 is 10.5 Å². The van der Waals surface area contributed by atoms with Crippen LogP contribution in [0, 0.1) is 5.92 Å². The maximum absolute atomic E-state index is 11.7. The zero-order chi connectivity index (χ0) is 18.9. The van der Waals surface area contributed by atoms with E-state index in [4.69, 9.17) is 19.9 Å². The average Bonchev–Trinajstić information content (AvgIpc) is 3.17. The minimum atomic E-state index is -0.659. The summed E-state index contributed by atoms with van der Waals surface area (Å²) in [4.78, 5) is 24.5. The molecule has 2 aromatic rings. The molecule has 0 bridgehead atoms. The number of ether oxygens (including phenoxy) is 3. The molecule has 0 aliphatic carbocycles. The molecule has 1 aliphatic rings. The lowest BCUT2D eigenvalue weighted by molar-refractivity contribution is -0.156. The van der Waals surface area contributed by atoms with Crippen molar-refractivity contribution in [1.29, 1.82) is 0 Å². The highest BCUT2D eigenvalue weighted by Gasteiger charge is 2.39. The maximum atomic E-state index is 11.7. The number of nitrogens with two attached hydrogens (primary N) is 1. The third-order valence-corrected chi connectivity index (χ3v) is 4.41. The molecule has 3 rings (SSSR count). The van der Waals surface area contributed by atoms with Crippen LogP contribution in [0.25, 0.3) is 11.2 Å². The van der Waals surface area contributed by atoms with E-state index in [-0.39, 0.29) is 30.5 Å². The Morgan fingerprint density at radius 3 is 2.96 bits per heavy atom. The van der Waals surface area contributed by atoms with Gasteiger partial charge in [-0.3, -0.25) is 9.36 Å². The van der Waals surface area contributed by atoms with Crippen LogP contribution in [-0.2, 0) is 20.0 Å². The van der Waals surface area contributed by atoms with E-state index in [1.165, 1.54) is 0 Å². The lowest BCUT2D eigenvalue weighted by atomic mass is 10.1. The minimum Gasteiger partial charge on any atom is -0.476 e. The minimum absolute atomic E-state index is 0.117. The lowest BCUT2D eigenvalue weighted by Crippen LogP contribution is -2.31. The number of esters is 1. The maximum Gasteiger partial charge on any atom is 0.308 e. The molecule has 2 atom stereocenters. The predicted molar refractivity (Wildman–Crippen MR) is 94.5 cm³/mol. The van der Waals surface area contributed by atoms with E-state index >= 15 is 0 Å². The third kappa shape index (κ3) is 3.44. The first-order valence-electron chi connectivity index (χ1n) is 8.82. The highest BCUT2D eigenvalue weighted by Crippen LogP contribution is 2.37. The van der Waals surface area contributed by atoms with Crippen molar-refractivity contribution >= 4 is 23.1 Å². The van der Waals surface area contributed by atoms with Crippen LogP contribution >= 0.6 is 0 Å². The summed E-state index contributed by atoms with van der Waals surface area (Å²) in [5.74, 6) is 0.0960. The van der Waals surface area contributed by atoms with Gasteiger partial charge in [-0.2, -0.15) is 9.97 Å². The monoisotopic (exact) mass is 363 g/mol. The molecule has 2 aromatic heterocycles. The summed E-state index contributed by atoms with van der Waals surface area (Å²) in [7, 11) is 0. The second-order valence-electron chi connectivity index (χ2n) is 6.85. The van der Waals surface area contributed by atoms with E-state index in [2.05, 4.69) is 15.0 Å². The number of hydrogen-bond acceptors (Lipinski definition) is 8. The van der Waals surface area contributed by atoms with Crippen LogP contribution in [-0.4, -0.2) is 44.8 Å². The van der Waals surface area contributed by atoms with Gasteiger partial charge in [0.15, 0.2) is 11.2 Å². The molecule has 0 aromatic carbocycles. The molecule has 26 heavy (non-hydrogen) atoms. The Hall–Kier alpha value is -2.42. The van der Waals surface area contributed by atoms with Crippen molar-refractivity contribution in [1.82, 2.24) is 19.5 Å². The number of anilines is 1. The first kappa shape index (κ1) is 18.4. The Bertz CT molecular complexity index is 806. The first-order chi connectivity index (χ1) is 12.3. The lowest BCUT2D eigenvalue weighted by Gasteiger charge is -2.27. The van der Waals surface area contributed by atoms with Gasteiger partial charge in [0.05, 0.1) is 25.0 Å². The van der Waals surface area contributed by atoms with Crippen molar-refractivity contribution in [3.8, 4) is 5.88 Å². The van der Waals surface area contributed by atoms with Crippen LogP contribution in [0.3, 0.4) is 0 Å². The zero-order valence-electron chi connectivity index (χ0n) is 15.6. The summed E-state index contributed by atoms with van der Waals surface area (Å²) in [6.07, 6.45) is 2.98. The van der Waals surface area contributed by atoms with Crippen molar-refractivity contribution in [3.63, 3.8) is 0 Å². The smallest absolute Gasteiger partial charge is 0.308 e. The Balaban J connectivity index is 1.82. The Kier molecular flexibility index (Phi) is 4.99. The SMILES string of the molecule is CCOc1nc(N)nc2c1ncn2[C@@]1(C)CCC(COC(=O)C(C)C)O1. The van der Waals surface area contributed by atoms with Gasteiger partial charge in [-0.15, -0.1) is 0 Å². The Morgan fingerprint density at radius 1 is 1.50 bits per heavy atom. The highest BCUT2D eigenvalue weighted by atomic mass is 16.6. The van der Waals surface area contributed by atoms with Crippen LogP contribution in [0.15, 0.2) is 6.33 Å². The molecule has 3 heterocycles. The average molecular weight is 363 g/mol. The van der Waals surface area contributed by atoms with E-state index in [9.17, 15) is 4.79 Å². The number of fused-ring (bicyclic) bond motifs is 1. The van der Waals surface area contributed by atoms with Gasteiger partial charge in [-0.25, -0.2) is 4.98 Å². The summed E-state index contributed by atoms with van der Waals surface area (Å²) < 4.78 is 18.8. The molecule has 1 aliphatic heterocycles. The summed E-state index contributed by atoms with van der Waals surface area (Å²) in [6, 6.07) is 0. The molecule has 0 radical (unpaired) electrons. The number of nitrogens with zero attached hydrogens (tertiary/aromatic N) is 4. The van der Waals surface area contributed by atoms with Gasteiger partial charge in [-0.05, 0) is 26.7 Å². The summed E-state index contributed by atoms with van der Waals surface area (Å²) in [5, 5.41) is 0. The molecule has 0 amide bonds. The third-order valence-electron chi connectivity index (χ3n) is 4.41. The number of aromatic nitrogens is 4. The van der Waals surface area contributed by atoms with Crippen molar-refractivity contribution in [3.05, 3.63) is 6.33 Å². The fourth-order valence-electron chi connectivity index (χ4n) is 3.02. The van der Waals surface area contributed by atoms with Gasteiger partial charge in [0.1, 0.15) is 12.3 Å². The van der Waals surface area contributed by atoms with Crippen molar-refractivity contribution in [2.24, 2.45) is 5.92 Å². The number of imidazole rings is 1. The van der Waals surface area contributed by atoms with Crippen LogP contribution in [0.1, 0.15) is 40.5 Å². The van der Waals surface area contributed by atoms with E-state index in [0.717, 1.165) is 12.8 Å². The van der Waals surface area contributed by atoms with Gasteiger partial charge in [-0.1, -0.05) is 13.8 Å². The molecular formula is C17H25N5O4. The number of hydrogen-bond donors (Lipinski definition) is 1. The first-order valence-corrected chi connectivity index (χ1v) is 8.82. The van der Waals surface area contributed by atoms with Gasteiger partial charge >= 0.3 is 5.97 Å². The quantitative estimate of drug-likeness (QED) is 0.774. The number of nitrogen functional groups attached to an aromatic ring is 1. The van der Waals surface area contributed by atoms with Crippen LogP contribution in [0.2, 0.25) is 0 Å². The Morgan fingerprint density at radius 2 is 2.27 bits per heavy atom. The molecule has 0 saturated carbocycles. The van der Waals surface area contributed by atoms with E-state index in [1.807, 2.05) is 18.4 Å². The molecule has 1 saturated heterocycles. The van der Waals surface area contributed by atoms with Crippen LogP contribution in [0.4, 0.5) is 5.95 Å². The molecular weight excluding hydrogens is 338 g/mol. The standard InChI is InChI=1S/C17H25N5O4/c1-5-24-14-12-13(20-16(18)21-14)22(9-19-12)17(4)7-6-11(26-17)8-25-15(23)10(2)3/h9-11H,5-8H2,1-4H3,(H2,18,20,21)/t11?,17-/m1/s1. The number of carbonyl (C=O) groups is 1. The summed E-state index contributed by atoms with van der Waals surface area (Å²) in [5.41, 5.74) is 6.26. The summed E-state index contributed by atoms with van der Waals surface area (Å²) in [6.45, 7) is 8.12. The fourth-order valence-corrected chi connectivity index (χ4v) is 3.02.